The summed E-state index contributed by atoms with van der Waals surface area (Å²) in [6, 6.07) is 4.98. The highest BCUT2D eigenvalue weighted by Crippen LogP contribution is 2.17. The number of aromatic nitrogens is 3. The quantitative estimate of drug-likeness (QED) is 0.726. The number of carbonyl (C=O) groups is 2. The first-order valence-corrected chi connectivity index (χ1v) is 8.23. The molecule has 2 rings (SSSR count). The summed E-state index contributed by atoms with van der Waals surface area (Å²) in [4.78, 5) is 35.6. The average Bonchev–Trinajstić information content (AvgIpc) is 3.06. The zero-order valence-corrected chi connectivity index (χ0v) is 15.3. The normalized spacial score (nSPS) is 12.9. The molecule has 1 atom stereocenters. The number of carbonyl (C=O) groups excluding carboxylic acids is 2. The van der Waals surface area contributed by atoms with Gasteiger partial charge in [0, 0.05) is 12.7 Å². The van der Waals surface area contributed by atoms with Gasteiger partial charge in [-0.15, -0.1) is 0 Å². The Balaban J connectivity index is 2.05. The van der Waals surface area contributed by atoms with Crippen molar-refractivity contribution in [3.8, 4) is 6.07 Å². The van der Waals surface area contributed by atoms with Gasteiger partial charge < -0.3 is 15.6 Å². The number of nitriles is 1. The van der Waals surface area contributed by atoms with E-state index in [1.807, 2.05) is 26.8 Å². The van der Waals surface area contributed by atoms with Crippen LogP contribution in [0, 0.1) is 24.2 Å². The summed E-state index contributed by atoms with van der Waals surface area (Å²) >= 11 is 0. The van der Waals surface area contributed by atoms with Crippen LogP contribution < -0.4 is 10.6 Å². The Morgan fingerprint density at radius 3 is 2.50 bits per heavy atom. The van der Waals surface area contributed by atoms with Gasteiger partial charge in [-0.25, -0.2) is 9.97 Å². The van der Waals surface area contributed by atoms with Crippen molar-refractivity contribution in [2.45, 2.75) is 33.2 Å². The fraction of sp³-hybridized carbons (Fsp3) is 0.389. The van der Waals surface area contributed by atoms with Gasteiger partial charge in [-0.1, -0.05) is 13.8 Å². The second kappa shape index (κ2) is 7.78. The minimum atomic E-state index is -0.668. The van der Waals surface area contributed by atoms with Crippen molar-refractivity contribution < 1.29 is 9.59 Å². The third-order valence-corrected chi connectivity index (χ3v) is 4.36. The van der Waals surface area contributed by atoms with Crippen LogP contribution in [0.15, 0.2) is 24.5 Å². The first kappa shape index (κ1) is 19.1. The largest absolute Gasteiger partial charge is 0.348 e. The van der Waals surface area contributed by atoms with Crippen LogP contribution in [0.2, 0.25) is 0 Å². The molecule has 0 bridgehead atoms. The second-order valence-corrected chi connectivity index (χ2v) is 6.64. The van der Waals surface area contributed by atoms with Crippen LogP contribution in [0.5, 0.6) is 0 Å². The Morgan fingerprint density at radius 1 is 1.27 bits per heavy atom. The Hall–Kier alpha value is -3.21. The van der Waals surface area contributed by atoms with Crippen molar-refractivity contribution in [1.29, 1.82) is 5.26 Å². The molecule has 0 aliphatic heterocycles. The number of rotatable bonds is 6. The topological polar surface area (TPSA) is 124 Å². The van der Waals surface area contributed by atoms with E-state index in [0.29, 0.717) is 17.1 Å². The maximum Gasteiger partial charge on any atom is 0.269 e. The molecule has 1 unspecified atom stereocenters. The zero-order chi connectivity index (χ0) is 19.3. The Bertz CT molecular complexity index is 834. The number of nitrogens with one attached hydrogen (secondary N) is 3. The molecule has 136 valence electrons. The van der Waals surface area contributed by atoms with Crippen molar-refractivity contribution in [2.24, 2.45) is 5.92 Å². The van der Waals surface area contributed by atoms with Gasteiger partial charge in [-0.05, 0) is 31.9 Å². The maximum atomic E-state index is 12.4. The summed E-state index contributed by atoms with van der Waals surface area (Å²) in [5.41, 5.74) is 0.300. The molecule has 0 fully saturated rings. The summed E-state index contributed by atoms with van der Waals surface area (Å²) in [5, 5.41) is 14.5. The van der Waals surface area contributed by atoms with Crippen molar-refractivity contribution >= 4 is 11.8 Å². The lowest BCUT2D eigenvalue weighted by Crippen LogP contribution is -2.57. The number of nitrogens with zero attached hydrogens (tertiary/aromatic N) is 3. The summed E-state index contributed by atoms with van der Waals surface area (Å²) < 4.78 is 0. The van der Waals surface area contributed by atoms with Crippen LogP contribution in [0.1, 0.15) is 53.1 Å². The van der Waals surface area contributed by atoms with Crippen LogP contribution in [0.4, 0.5) is 0 Å². The molecular weight excluding hydrogens is 332 g/mol. The second-order valence-electron chi connectivity index (χ2n) is 6.64. The summed E-state index contributed by atoms with van der Waals surface area (Å²) in [6.07, 6.45) is 2.82. The summed E-state index contributed by atoms with van der Waals surface area (Å²) in [6.45, 7) is 7.79. The van der Waals surface area contributed by atoms with Crippen molar-refractivity contribution in [3.05, 3.63) is 47.3 Å². The lowest BCUT2D eigenvalue weighted by atomic mass is 9.88. The van der Waals surface area contributed by atoms with Gasteiger partial charge in [0.05, 0.1) is 17.3 Å². The standard InChI is InChI=1S/C18H22N6O2/c1-11(2)18(4,24-17(26)15-9-20-12(3)23-15)10-22-16(25)14-6-5-13(7-19)8-21-14/h5-6,8-9,11H,10H2,1-4H3,(H,20,23)(H,22,25)(H,24,26). The van der Waals surface area contributed by atoms with Gasteiger partial charge >= 0.3 is 0 Å². The first-order valence-electron chi connectivity index (χ1n) is 8.23. The molecule has 0 aromatic carbocycles. The Morgan fingerprint density at radius 2 is 2.00 bits per heavy atom. The molecule has 0 saturated carbocycles. The van der Waals surface area contributed by atoms with Gasteiger partial charge in [0.25, 0.3) is 11.8 Å². The molecule has 2 aromatic heterocycles. The maximum absolute atomic E-state index is 12.4. The fourth-order valence-electron chi connectivity index (χ4n) is 2.20. The van der Waals surface area contributed by atoms with Gasteiger partial charge in [0.1, 0.15) is 23.3 Å². The SMILES string of the molecule is Cc1ncc(C(=O)NC(C)(CNC(=O)c2ccc(C#N)cn2)C(C)C)[nH]1. The zero-order valence-electron chi connectivity index (χ0n) is 15.3. The average molecular weight is 354 g/mol. The van der Waals surface area contributed by atoms with Gasteiger partial charge in [-0.3, -0.25) is 9.59 Å². The number of hydrogen-bond donors (Lipinski definition) is 3. The highest BCUT2D eigenvalue weighted by Gasteiger charge is 2.31. The molecular formula is C18H22N6O2. The minimum absolute atomic E-state index is 0.0599. The third kappa shape index (κ3) is 4.45. The van der Waals surface area contributed by atoms with Crippen LogP contribution in [-0.2, 0) is 0 Å². The van der Waals surface area contributed by atoms with E-state index in [0.717, 1.165) is 0 Å². The molecule has 0 aliphatic rings. The molecule has 2 amide bonds. The van der Waals surface area contributed by atoms with Crippen molar-refractivity contribution in [1.82, 2.24) is 25.6 Å². The third-order valence-electron chi connectivity index (χ3n) is 4.36. The number of aryl methyl sites for hydroxylation is 1. The number of pyridine rings is 1. The van der Waals surface area contributed by atoms with E-state index in [2.05, 4.69) is 25.6 Å². The first-order chi connectivity index (χ1) is 12.2. The van der Waals surface area contributed by atoms with E-state index in [-0.39, 0.29) is 30.0 Å². The van der Waals surface area contributed by atoms with Crippen molar-refractivity contribution in [3.63, 3.8) is 0 Å². The number of amides is 2. The number of imidazole rings is 1. The molecule has 0 spiro atoms. The summed E-state index contributed by atoms with van der Waals surface area (Å²) in [7, 11) is 0. The lowest BCUT2D eigenvalue weighted by Gasteiger charge is -2.34. The number of aromatic amines is 1. The van der Waals surface area contributed by atoms with Crippen molar-refractivity contribution in [2.75, 3.05) is 6.54 Å². The van der Waals surface area contributed by atoms with Crippen LogP contribution in [0.25, 0.3) is 0 Å². The smallest absolute Gasteiger partial charge is 0.269 e. The predicted molar refractivity (Wildman–Crippen MR) is 95.3 cm³/mol. The molecule has 26 heavy (non-hydrogen) atoms. The van der Waals surface area contributed by atoms with E-state index in [1.54, 1.807) is 6.92 Å². The number of H-pyrrole nitrogens is 1. The minimum Gasteiger partial charge on any atom is -0.348 e. The van der Waals surface area contributed by atoms with E-state index >= 15 is 0 Å². The van der Waals surface area contributed by atoms with E-state index < -0.39 is 5.54 Å². The van der Waals surface area contributed by atoms with E-state index in [9.17, 15) is 9.59 Å². The highest BCUT2D eigenvalue weighted by molar-refractivity contribution is 5.93. The van der Waals surface area contributed by atoms with Gasteiger partial charge in [0.2, 0.25) is 0 Å². The molecule has 8 heteroatoms. The van der Waals surface area contributed by atoms with Crippen LogP contribution in [0.3, 0.4) is 0 Å². The Labute approximate surface area is 152 Å². The Kier molecular flexibility index (Phi) is 5.72. The molecule has 2 heterocycles. The van der Waals surface area contributed by atoms with Gasteiger partial charge in [-0.2, -0.15) is 5.26 Å². The van der Waals surface area contributed by atoms with E-state index in [4.69, 9.17) is 5.26 Å². The molecule has 8 nitrogen and oxygen atoms in total. The molecule has 0 saturated heterocycles. The molecule has 3 N–H and O–H groups in total. The predicted octanol–water partition coefficient (Wildman–Crippen LogP) is 1.56. The highest BCUT2D eigenvalue weighted by atomic mass is 16.2. The molecule has 2 aromatic rings. The van der Waals surface area contributed by atoms with Crippen LogP contribution in [-0.4, -0.2) is 38.8 Å². The monoisotopic (exact) mass is 354 g/mol. The number of hydrogen-bond acceptors (Lipinski definition) is 5. The van der Waals surface area contributed by atoms with Crippen LogP contribution >= 0.6 is 0 Å². The molecule has 0 aliphatic carbocycles. The fourth-order valence-corrected chi connectivity index (χ4v) is 2.20. The summed E-state index contributed by atoms with van der Waals surface area (Å²) in [5.74, 6) is 0.0619. The lowest BCUT2D eigenvalue weighted by molar-refractivity contribution is 0.0838. The van der Waals surface area contributed by atoms with Gasteiger partial charge in [0.15, 0.2) is 0 Å². The van der Waals surface area contributed by atoms with E-state index in [1.165, 1.54) is 24.5 Å². The molecule has 0 radical (unpaired) electrons.